The number of amidine groups is 1. The Labute approximate surface area is 86.8 Å². The van der Waals surface area contributed by atoms with Crippen LogP contribution in [0.2, 0.25) is 0 Å². The van der Waals surface area contributed by atoms with E-state index < -0.39 is 0 Å². The molecular weight excluding hydrogens is 200 g/mol. The Bertz CT molecular complexity index is 401. The molecule has 0 saturated heterocycles. The number of hydrogen-bond acceptors (Lipinski definition) is 2. The molecule has 72 valence electrons. The van der Waals surface area contributed by atoms with E-state index in [0.29, 0.717) is 12.3 Å². The Kier molecular flexibility index (Phi) is 2.50. The van der Waals surface area contributed by atoms with Crippen LogP contribution in [0.25, 0.3) is 0 Å². The zero-order chi connectivity index (χ0) is 9.97. The van der Waals surface area contributed by atoms with Crippen LogP contribution in [0.4, 0.5) is 5.69 Å². The topological polar surface area (TPSA) is 41.5 Å². The molecule has 1 aliphatic rings. The van der Waals surface area contributed by atoms with Gasteiger partial charge >= 0.3 is 0 Å². The van der Waals surface area contributed by atoms with E-state index in [9.17, 15) is 4.79 Å². The van der Waals surface area contributed by atoms with Crippen LogP contribution >= 0.6 is 11.6 Å². The standard InChI is InChI=1S/C10H9ClN2O/c11-6-10(14)13-9-5-7-3-1-2-4-8(7)12-9/h1-4H,5-6H2,(H,12,13,14). The fourth-order valence-corrected chi connectivity index (χ4v) is 1.47. The number of carbonyl (C=O) groups is 1. The van der Waals surface area contributed by atoms with Gasteiger partial charge in [-0.25, -0.2) is 4.99 Å². The largest absolute Gasteiger partial charge is 0.313 e. The third kappa shape index (κ3) is 1.77. The van der Waals surface area contributed by atoms with Crippen LogP contribution in [0.3, 0.4) is 0 Å². The van der Waals surface area contributed by atoms with Crippen molar-refractivity contribution in [2.75, 3.05) is 5.88 Å². The first kappa shape index (κ1) is 9.21. The number of nitrogens with zero attached hydrogens (tertiary/aromatic N) is 1. The normalized spacial score (nSPS) is 13.4. The number of hydrogen-bond donors (Lipinski definition) is 1. The lowest BCUT2D eigenvalue weighted by molar-refractivity contribution is -0.117. The number of amides is 1. The summed E-state index contributed by atoms with van der Waals surface area (Å²) >= 11 is 5.37. The molecule has 1 aliphatic heterocycles. The molecule has 0 atom stereocenters. The molecule has 0 bridgehead atoms. The van der Waals surface area contributed by atoms with Gasteiger partial charge < -0.3 is 5.32 Å². The van der Waals surface area contributed by atoms with Gasteiger partial charge in [-0.2, -0.15) is 0 Å². The van der Waals surface area contributed by atoms with Gasteiger partial charge in [-0.15, -0.1) is 11.6 Å². The van der Waals surface area contributed by atoms with Crippen molar-refractivity contribution in [3.05, 3.63) is 29.8 Å². The van der Waals surface area contributed by atoms with Crippen molar-refractivity contribution in [1.29, 1.82) is 0 Å². The van der Waals surface area contributed by atoms with Crippen molar-refractivity contribution in [1.82, 2.24) is 5.32 Å². The van der Waals surface area contributed by atoms with Crippen molar-refractivity contribution in [2.45, 2.75) is 6.42 Å². The molecule has 1 N–H and O–H groups in total. The number of para-hydroxylation sites is 1. The van der Waals surface area contributed by atoms with E-state index >= 15 is 0 Å². The summed E-state index contributed by atoms with van der Waals surface area (Å²) in [6, 6.07) is 7.81. The summed E-state index contributed by atoms with van der Waals surface area (Å²) in [6.07, 6.45) is 0.679. The highest BCUT2D eigenvalue weighted by molar-refractivity contribution is 6.28. The highest BCUT2D eigenvalue weighted by Crippen LogP contribution is 2.24. The molecule has 2 rings (SSSR count). The summed E-state index contributed by atoms with van der Waals surface area (Å²) in [4.78, 5) is 15.3. The number of rotatable bonds is 1. The molecule has 0 fully saturated rings. The lowest BCUT2D eigenvalue weighted by atomic mass is 10.1. The maximum atomic E-state index is 11.0. The van der Waals surface area contributed by atoms with Crippen molar-refractivity contribution < 1.29 is 4.79 Å². The Hall–Kier alpha value is -1.35. The van der Waals surface area contributed by atoms with E-state index in [1.54, 1.807) is 0 Å². The minimum absolute atomic E-state index is 0.0324. The lowest BCUT2D eigenvalue weighted by Gasteiger charge is -1.99. The molecule has 0 aliphatic carbocycles. The quantitative estimate of drug-likeness (QED) is 0.701. The zero-order valence-corrected chi connectivity index (χ0v) is 8.21. The fraction of sp³-hybridized carbons (Fsp3) is 0.200. The average Bonchev–Trinajstić information content (AvgIpc) is 2.59. The van der Waals surface area contributed by atoms with Crippen LogP contribution in [-0.2, 0) is 11.2 Å². The van der Waals surface area contributed by atoms with E-state index in [4.69, 9.17) is 11.6 Å². The van der Waals surface area contributed by atoms with Gasteiger partial charge in [0.05, 0.1) is 5.69 Å². The highest BCUT2D eigenvalue weighted by atomic mass is 35.5. The van der Waals surface area contributed by atoms with Gasteiger partial charge in [-0.1, -0.05) is 18.2 Å². The zero-order valence-electron chi connectivity index (χ0n) is 7.46. The van der Waals surface area contributed by atoms with Crippen molar-refractivity contribution in [2.24, 2.45) is 4.99 Å². The summed E-state index contributed by atoms with van der Waals surface area (Å²) in [5, 5.41) is 2.65. The molecule has 0 radical (unpaired) electrons. The molecule has 1 aromatic carbocycles. The van der Waals surface area contributed by atoms with Gasteiger partial charge in [0.25, 0.3) is 0 Å². The van der Waals surface area contributed by atoms with Gasteiger partial charge in [-0.05, 0) is 11.6 Å². The number of nitrogens with one attached hydrogen (secondary N) is 1. The highest BCUT2D eigenvalue weighted by Gasteiger charge is 2.14. The third-order valence-electron chi connectivity index (χ3n) is 2.01. The number of benzene rings is 1. The Balaban J connectivity index is 2.12. The van der Waals surface area contributed by atoms with Crippen LogP contribution in [0.15, 0.2) is 29.3 Å². The number of carbonyl (C=O) groups excluding carboxylic acids is 1. The fourth-order valence-electron chi connectivity index (χ4n) is 1.40. The lowest BCUT2D eigenvalue weighted by Crippen LogP contribution is -2.31. The number of fused-ring (bicyclic) bond motifs is 1. The molecule has 14 heavy (non-hydrogen) atoms. The minimum atomic E-state index is -0.210. The van der Waals surface area contributed by atoms with Crippen LogP contribution < -0.4 is 5.32 Å². The molecule has 0 saturated carbocycles. The second-order valence-corrected chi connectivity index (χ2v) is 3.31. The van der Waals surface area contributed by atoms with E-state index in [0.717, 1.165) is 11.3 Å². The third-order valence-corrected chi connectivity index (χ3v) is 2.25. The van der Waals surface area contributed by atoms with Crippen molar-refractivity contribution in [3.63, 3.8) is 0 Å². The summed E-state index contributed by atoms with van der Waals surface area (Å²) in [5.41, 5.74) is 2.06. The van der Waals surface area contributed by atoms with Gasteiger partial charge in [0.2, 0.25) is 5.91 Å². The number of alkyl halides is 1. The molecule has 1 aromatic rings. The van der Waals surface area contributed by atoms with E-state index in [1.165, 1.54) is 0 Å². The van der Waals surface area contributed by atoms with Crippen LogP contribution in [0.5, 0.6) is 0 Å². The summed E-state index contributed by atoms with van der Waals surface area (Å²) in [6.45, 7) is 0. The van der Waals surface area contributed by atoms with E-state index in [1.807, 2.05) is 24.3 Å². The van der Waals surface area contributed by atoms with Crippen molar-refractivity contribution in [3.8, 4) is 0 Å². The van der Waals surface area contributed by atoms with Gasteiger partial charge in [-0.3, -0.25) is 4.79 Å². The first-order valence-electron chi connectivity index (χ1n) is 4.31. The van der Waals surface area contributed by atoms with Crippen LogP contribution in [0.1, 0.15) is 5.56 Å². The smallest absolute Gasteiger partial charge is 0.240 e. The molecule has 0 unspecified atom stereocenters. The summed E-state index contributed by atoms with van der Waals surface area (Å²) < 4.78 is 0. The average molecular weight is 209 g/mol. The van der Waals surface area contributed by atoms with Crippen LogP contribution in [0, 0.1) is 0 Å². The monoisotopic (exact) mass is 208 g/mol. The molecule has 0 aromatic heterocycles. The van der Waals surface area contributed by atoms with Crippen molar-refractivity contribution >= 4 is 29.0 Å². The Morgan fingerprint density at radius 2 is 2.29 bits per heavy atom. The molecule has 1 heterocycles. The Morgan fingerprint density at radius 1 is 1.50 bits per heavy atom. The van der Waals surface area contributed by atoms with E-state index in [-0.39, 0.29) is 11.8 Å². The van der Waals surface area contributed by atoms with Gasteiger partial charge in [0, 0.05) is 6.42 Å². The van der Waals surface area contributed by atoms with Gasteiger partial charge in [0.1, 0.15) is 11.7 Å². The summed E-state index contributed by atoms with van der Waals surface area (Å²) in [7, 11) is 0. The maximum Gasteiger partial charge on any atom is 0.240 e. The Morgan fingerprint density at radius 3 is 3.00 bits per heavy atom. The van der Waals surface area contributed by atoms with E-state index in [2.05, 4.69) is 10.3 Å². The molecule has 0 spiro atoms. The first-order chi connectivity index (χ1) is 6.79. The molecule has 3 nitrogen and oxygen atoms in total. The maximum absolute atomic E-state index is 11.0. The first-order valence-corrected chi connectivity index (χ1v) is 4.84. The molecule has 4 heteroatoms. The summed E-state index contributed by atoms with van der Waals surface area (Å²) in [5.74, 6) is 0.435. The molecule has 1 amide bonds. The second-order valence-electron chi connectivity index (χ2n) is 3.05. The molecular formula is C10H9ClN2O. The minimum Gasteiger partial charge on any atom is -0.313 e. The number of aliphatic imine (C=N–C) groups is 1. The number of halogens is 1. The predicted octanol–water partition coefficient (Wildman–Crippen LogP) is 1.63. The SMILES string of the molecule is O=C(CCl)NC1=Nc2ccccc2C1. The second kappa shape index (κ2) is 3.80. The van der Waals surface area contributed by atoms with Gasteiger partial charge in [0.15, 0.2) is 0 Å². The predicted molar refractivity (Wildman–Crippen MR) is 56.1 cm³/mol. The van der Waals surface area contributed by atoms with Crippen LogP contribution in [-0.4, -0.2) is 17.6 Å².